The first kappa shape index (κ1) is 15.0. The largest absolute Gasteiger partial charge is 0.476 e. The van der Waals surface area contributed by atoms with Crippen molar-refractivity contribution in [2.75, 3.05) is 0 Å². The number of carboxylic acids is 1. The highest BCUT2D eigenvalue weighted by Gasteiger charge is 2.22. The molecule has 0 aliphatic rings. The van der Waals surface area contributed by atoms with Gasteiger partial charge in [0.2, 0.25) is 5.91 Å². The van der Waals surface area contributed by atoms with Gasteiger partial charge in [-0.25, -0.2) is 9.48 Å². The molecule has 1 amide bonds. The summed E-state index contributed by atoms with van der Waals surface area (Å²) >= 11 is 5.83. The lowest BCUT2D eigenvalue weighted by Gasteiger charge is -2.10. The van der Waals surface area contributed by atoms with Gasteiger partial charge in [-0.05, 0) is 12.1 Å². The van der Waals surface area contributed by atoms with Crippen molar-refractivity contribution in [3.8, 4) is 11.3 Å². The molecule has 0 bridgehead atoms. The minimum atomic E-state index is -1.20. The molecule has 0 spiro atoms. The molecule has 8 heteroatoms. The van der Waals surface area contributed by atoms with Crippen molar-refractivity contribution in [3.63, 3.8) is 0 Å². The van der Waals surface area contributed by atoms with Gasteiger partial charge in [0, 0.05) is 10.6 Å². The van der Waals surface area contributed by atoms with Crippen LogP contribution in [-0.2, 0) is 11.3 Å². The third-order valence-corrected chi connectivity index (χ3v) is 3.24. The molecule has 7 nitrogen and oxygen atoms in total. The lowest BCUT2D eigenvalue weighted by atomic mass is 10.1. The summed E-state index contributed by atoms with van der Waals surface area (Å²) in [7, 11) is 0. The number of hydrogen-bond donors (Lipinski definition) is 2. The average Bonchev–Trinajstić information content (AvgIpc) is 2.83. The third-order valence-electron chi connectivity index (χ3n) is 2.99. The fourth-order valence-corrected chi connectivity index (χ4v) is 1.95. The first-order valence-corrected chi connectivity index (χ1v) is 6.50. The number of aromatic carboxylic acids is 1. The molecule has 1 unspecified atom stereocenters. The van der Waals surface area contributed by atoms with Gasteiger partial charge in [0.05, 0.1) is 12.5 Å². The molecular formula is C13H13ClN4O3. The Bertz CT molecular complexity index is 681. The van der Waals surface area contributed by atoms with E-state index in [1.54, 1.807) is 31.2 Å². The second kappa shape index (κ2) is 5.92. The van der Waals surface area contributed by atoms with E-state index in [1.807, 2.05) is 0 Å². The van der Waals surface area contributed by atoms with Crippen molar-refractivity contribution >= 4 is 23.5 Å². The van der Waals surface area contributed by atoms with E-state index in [0.29, 0.717) is 16.3 Å². The van der Waals surface area contributed by atoms with Gasteiger partial charge in [-0.2, -0.15) is 0 Å². The number of carbonyl (C=O) groups is 2. The van der Waals surface area contributed by atoms with Crippen LogP contribution in [0.5, 0.6) is 0 Å². The van der Waals surface area contributed by atoms with E-state index in [-0.39, 0.29) is 12.2 Å². The monoisotopic (exact) mass is 308 g/mol. The van der Waals surface area contributed by atoms with Crippen LogP contribution in [0.2, 0.25) is 5.02 Å². The first-order valence-electron chi connectivity index (χ1n) is 6.12. The van der Waals surface area contributed by atoms with E-state index in [9.17, 15) is 14.7 Å². The molecule has 0 fully saturated rings. The van der Waals surface area contributed by atoms with Crippen molar-refractivity contribution in [3.05, 3.63) is 35.0 Å². The van der Waals surface area contributed by atoms with Gasteiger partial charge in [0.1, 0.15) is 5.69 Å². The molecular weight excluding hydrogens is 296 g/mol. The average molecular weight is 309 g/mol. The van der Waals surface area contributed by atoms with E-state index in [4.69, 9.17) is 17.3 Å². The number of nitrogens with zero attached hydrogens (tertiary/aromatic N) is 3. The minimum absolute atomic E-state index is 0.146. The number of carboxylic acid groups (broad SMARTS) is 1. The van der Waals surface area contributed by atoms with Crippen LogP contribution in [0.1, 0.15) is 17.4 Å². The zero-order chi connectivity index (χ0) is 15.6. The molecule has 3 N–H and O–H groups in total. The Hall–Kier alpha value is -2.41. The van der Waals surface area contributed by atoms with E-state index < -0.39 is 17.8 Å². The summed E-state index contributed by atoms with van der Waals surface area (Å²) in [5, 5.41) is 17.2. The quantitative estimate of drug-likeness (QED) is 0.867. The highest BCUT2D eigenvalue weighted by molar-refractivity contribution is 6.30. The molecule has 2 rings (SSSR count). The van der Waals surface area contributed by atoms with E-state index in [2.05, 4.69) is 10.3 Å². The van der Waals surface area contributed by atoms with Gasteiger partial charge in [-0.1, -0.05) is 35.9 Å². The van der Waals surface area contributed by atoms with Crippen LogP contribution in [0.15, 0.2) is 24.3 Å². The Morgan fingerprint density at radius 2 is 2.00 bits per heavy atom. The number of nitrogens with two attached hydrogens (primary N) is 1. The summed E-state index contributed by atoms with van der Waals surface area (Å²) in [5.41, 5.74) is 5.95. The first-order chi connectivity index (χ1) is 9.90. The predicted molar refractivity (Wildman–Crippen MR) is 75.8 cm³/mol. The van der Waals surface area contributed by atoms with Gasteiger partial charge in [-0.3, -0.25) is 4.79 Å². The Labute approximate surface area is 125 Å². The number of carbonyl (C=O) groups excluding carboxylic acids is 1. The summed E-state index contributed by atoms with van der Waals surface area (Å²) in [6.07, 6.45) is 0. The summed E-state index contributed by atoms with van der Waals surface area (Å²) in [4.78, 5) is 22.4. The lowest BCUT2D eigenvalue weighted by molar-refractivity contribution is -0.121. The van der Waals surface area contributed by atoms with Crippen LogP contribution in [-0.4, -0.2) is 32.0 Å². The Morgan fingerprint density at radius 3 is 2.52 bits per heavy atom. The predicted octanol–water partition coefficient (Wildman–Crippen LogP) is 1.42. The maximum atomic E-state index is 11.3. The molecule has 2 aromatic rings. The van der Waals surface area contributed by atoms with Crippen molar-refractivity contribution in [2.24, 2.45) is 11.7 Å². The van der Waals surface area contributed by atoms with Gasteiger partial charge < -0.3 is 10.8 Å². The molecule has 110 valence electrons. The molecule has 21 heavy (non-hydrogen) atoms. The smallest absolute Gasteiger partial charge is 0.358 e. The zero-order valence-corrected chi connectivity index (χ0v) is 11.9. The second-order valence-corrected chi connectivity index (χ2v) is 5.02. The van der Waals surface area contributed by atoms with Gasteiger partial charge in [0.15, 0.2) is 5.69 Å². The standard InChI is InChI=1S/C13H13ClN4O3/c1-7(12(15)19)6-18-11(10(13(20)21)16-17-18)8-2-4-9(14)5-3-8/h2-5,7H,6H2,1H3,(H2,15,19)(H,20,21). The SMILES string of the molecule is CC(Cn1nnc(C(=O)O)c1-c1ccc(Cl)cc1)C(N)=O. The second-order valence-electron chi connectivity index (χ2n) is 4.58. The van der Waals surface area contributed by atoms with Crippen LogP contribution in [0.4, 0.5) is 0 Å². The molecule has 0 saturated heterocycles. The lowest BCUT2D eigenvalue weighted by Crippen LogP contribution is -2.25. The number of amides is 1. The van der Waals surface area contributed by atoms with Crippen molar-refractivity contribution in [1.82, 2.24) is 15.0 Å². The van der Waals surface area contributed by atoms with Gasteiger partial charge in [-0.15, -0.1) is 5.10 Å². The zero-order valence-electron chi connectivity index (χ0n) is 11.2. The number of halogens is 1. The summed E-state index contributed by atoms with van der Waals surface area (Å²) in [6, 6.07) is 6.60. The maximum Gasteiger partial charge on any atom is 0.358 e. The highest BCUT2D eigenvalue weighted by Crippen LogP contribution is 2.24. The summed E-state index contributed by atoms with van der Waals surface area (Å²) in [6.45, 7) is 1.78. The highest BCUT2D eigenvalue weighted by atomic mass is 35.5. The normalized spacial score (nSPS) is 12.1. The molecule has 1 atom stereocenters. The molecule has 1 heterocycles. The molecule has 1 aromatic carbocycles. The number of benzene rings is 1. The molecule has 0 radical (unpaired) electrons. The Morgan fingerprint density at radius 1 is 1.38 bits per heavy atom. The minimum Gasteiger partial charge on any atom is -0.476 e. The molecule has 0 aliphatic carbocycles. The van der Waals surface area contributed by atoms with Crippen LogP contribution in [0.25, 0.3) is 11.3 Å². The third kappa shape index (κ3) is 3.19. The summed E-state index contributed by atoms with van der Waals surface area (Å²) in [5.74, 6) is -2.19. The fraction of sp³-hybridized carbons (Fsp3) is 0.231. The van der Waals surface area contributed by atoms with Gasteiger partial charge >= 0.3 is 5.97 Å². The summed E-state index contributed by atoms with van der Waals surface area (Å²) < 4.78 is 1.36. The van der Waals surface area contributed by atoms with Crippen LogP contribution < -0.4 is 5.73 Å². The maximum absolute atomic E-state index is 11.3. The molecule has 1 aromatic heterocycles. The fourth-order valence-electron chi connectivity index (χ4n) is 1.83. The van der Waals surface area contributed by atoms with E-state index >= 15 is 0 Å². The van der Waals surface area contributed by atoms with Crippen molar-refractivity contribution in [2.45, 2.75) is 13.5 Å². The number of hydrogen-bond acceptors (Lipinski definition) is 4. The molecule has 0 saturated carbocycles. The van der Waals surface area contributed by atoms with E-state index in [1.165, 1.54) is 4.68 Å². The van der Waals surface area contributed by atoms with E-state index in [0.717, 1.165) is 0 Å². The number of primary amides is 1. The van der Waals surface area contributed by atoms with Gasteiger partial charge in [0.25, 0.3) is 0 Å². The number of rotatable bonds is 5. The van der Waals surface area contributed by atoms with Crippen LogP contribution in [0, 0.1) is 5.92 Å². The molecule has 0 aliphatic heterocycles. The van der Waals surface area contributed by atoms with Crippen molar-refractivity contribution in [1.29, 1.82) is 0 Å². The number of aromatic nitrogens is 3. The van der Waals surface area contributed by atoms with Crippen molar-refractivity contribution < 1.29 is 14.7 Å². The Kier molecular flexibility index (Phi) is 4.23. The van der Waals surface area contributed by atoms with Crippen LogP contribution >= 0.6 is 11.6 Å². The topological polar surface area (TPSA) is 111 Å². The Balaban J connectivity index is 2.50. The van der Waals surface area contributed by atoms with Crippen LogP contribution in [0.3, 0.4) is 0 Å².